The van der Waals surface area contributed by atoms with Gasteiger partial charge in [-0.3, -0.25) is 9.89 Å². The van der Waals surface area contributed by atoms with Gasteiger partial charge in [0.1, 0.15) is 0 Å². The van der Waals surface area contributed by atoms with Gasteiger partial charge >= 0.3 is 0 Å². The van der Waals surface area contributed by atoms with Crippen molar-refractivity contribution in [1.82, 2.24) is 10.2 Å². The molecule has 3 nitrogen and oxygen atoms in total. The summed E-state index contributed by atoms with van der Waals surface area (Å²) in [6, 6.07) is 4.02. The standard InChI is InChI=1S/C14H14Cl2N2O/c1-3-9-5-10(14-12(15)7-17-18-14)4-8(2)11(9)6-13(16)19/h4-5,7H,3,6H2,1-2H3,(H,17,18). The Labute approximate surface area is 121 Å². The molecule has 19 heavy (non-hydrogen) atoms. The molecule has 1 aromatic carbocycles. The number of benzene rings is 1. The zero-order valence-electron chi connectivity index (χ0n) is 10.8. The molecule has 0 aliphatic rings. The van der Waals surface area contributed by atoms with E-state index in [1.807, 2.05) is 19.1 Å². The average Bonchev–Trinajstić information content (AvgIpc) is 2.77. The molecular weight excluding hydrogens is 283 g/mol. The summed E-state index contributed by atoms with van der Waals surface area (Å²) < 4.78 is 0. The SMILES string of the molecule is CCc1cc(-c2[nH]ncc2Cl)cc(C)c1CC(=O)Cl. The molecule has 0 saturated carbocycles. The average molecular weight is 297 g/mol. The van der Waals surface area contributed by atoms with E-state index in [1.165, 1.54) is 0 Å². The number of hydrogen-bond donors (Lipinski definition) is 1. The smallest absolute Gasteiger partial charge is 0.226 e. The van der Waals surface area contributed by atoms with E-state index < -0.39 is 0 Å². The maximum atomic E-state index is 11.1. The van der Waals surface area contributed by atoms with Gasteiger partial charge in [-0.05, 0) is 53.8 Å². The molecule has 0 bridgehead atoms. The lowest BCUT2D eigenvalue weighted by Crippen LogP contribution is -2.02. The maximum absolute atomic E-state index is 11.1. The van der Waals surface area contributed by atoms with Gasteiger partial charge in [-0.25, -0.2) is 0 Å². The molecule has 1 aromatic heterocycles. The van der Waals surface area contributed by atoms with Gasteiger partial charge in [0.15, 0.2) is 0 Å². The van der Waals surface area contributed by atoms with Gasteiger partial charge < -0.3 is 0 Å². The fourth-order valence-corrected chi connectivity index (χ4v) is 2.55. The third kappa shape index (κ3) is 2.99. The summed E-state index contributed by atoms with van der Waals surface area (Å²) >= 11 is 11.6. The van der Waals surface area contributed by atoms with Crippen LogP contribution in [0.2, 0.25) is 5.02 Å². The van der Waals surface area contributed by atoms with E-state index in [4.69, 9.17) is 23.2 Å². The molecule has 100 valence electrons. The predicted octanol–water partition coefficient (Wildman–Crippen LogP) is 3.91. The molecule has 0 fully saturated rings. The molecule has 0 aliphatic carbocycles. The monoisotopic (exact) mass is 296 g/mol. The van der Waals surface area contributed by atoms with Crippen LogP contribution in [-0.4, -0.2) is 15.4 Å². The summed E-state index contributed by atoms with van der Waals surface area (Å²) in [5, 5.41) is 7.05. The quantitative estimate of drug-likeness (QED) is 0.870. The third-order valence-electron chi connectivity index (χ3n) is 3.14. The molecule has 0 unspecified atom stereocenters. The van der Waals surface area contributed by atoms with Crippen LogP contribution in [0, 0.1) is 6.92 Å². The Kier molecular flexibility index (Phi) is 4.27. The van der Waals surface area contributed by atoms with E-state index in [1.54, 1.807) is 6.20 Å². The summed E-state index contributed by atoms with van der Waals surface area (Å²) in [6.07, 6.45) is 2.67. The van der Waals surface area contributed by atoms with Crippen LogP contribution in [0.15, 0.2) is 18.3 Å². The highest BCUT2D eigenvalue weighted by Gasteiger charge is 2.13. The first-order valence-corrected chi connectivity index (χ1v) is 6.78. The number of halogens is 2. The Balaban J connectivity index is 2.53. The molecule has 5 heteroatoms. The highest BCUT2D eigenvalue weighted by Crippen LogP contribution is 2.29. The number of hydrogen-bond acceptors (Lipinski definition) is 2. The Bertz CT molecular complexity index is 620. The van der Waals surface area contributed by atoms with E-state index >= 15 is 0 Å². The van der Waals surface area contributed by atoms with Crippen molar-refractivity contribution in [1.29, 1.82) is 0 Å². The first-order chi connectivity index (χ1) is 9.02. The zero-order valence-corrected chi connectivity index (χ0v) is 12.3. The maximum Gasteiger partial charge on any atom is 0.226 e. The van der Waals surface area contributed by atoms with Gasteiger partial charge in [-0.15, -0.1) is 0 Å². The molecule has 2 aromatic rings. The van der Waals surface area contributed by atoms with Crippen LogP contribution >= 0.6 is 23.2 Å². The summed E-state index contributed by atoms with van der Waals surface area (Å²) in [6.45, 7) is 4.03. The van der Waals surface area contributed by atoms with E-state index in [-0.39, 0.29) is 11.7 Å². The van der Waals surface area contributed by atoms with Crippen molar-refractivity contribution in [3.63, 3.8) is 0 Å². The summed E-state index contributed by atoms with van der Waals surface area (Å²) in [5.74, 6) is 0. The molecule has 2 rings (SSSR count). The number of nitrogens with zero attached hydrogens (tertiary/aromatic N) is 1. The van der Waals surface area contributed by atoms with Crippen molar-refractivity contribution < 1.29 is 4.79 Å². The van der Waals surface area contributed by atoms with Gasteiger partial charge in [0.2, 0.25) is 5.24 Å². The summed E-state index contributed by atoms with van der Waals surface area (Å²) in [5.41, 5.74) is 4.91. The molecule has 0 saturated heterocycles. The number of aryl methyl sites for hydroxylation is 2. The Hall–Kier alpha value is -1.32. The van der Waals surface area contributed by atoms with E-state index in [0.29, 0.717) is 5.02 Å². The fraction of sp³-hybridized carbons (Fsp3) is 0.286. The van der Waals surface area contributed by atoms with Crippen LogP contribution in [0.25, 0.3) is 11.3 Å². The predicted molar refractivity (Wildman–Crippen MR) is 77.7 cm³/mol. The number of aromatic nitrogens is 2. The lowest BCUT2D eigenvalue weighted by molar-refractivity contribution is -0.111. The van der Waals surface area contributed by atoms with Crippen LogP contribution < -0.4 is 0 Å². The second-order valence-electron chi connectivity index (χ2n) is 4.41. The first kappa shape index (κ1) is 14.1. The molecule has 0 radical (unpaired) electrons. The van der Waals surface area contributed by atoms with Crippen molar-refractivity contribution in [2.45, 2.75) is 26.7 Å². The molecular formula is C14H14Cl2N2O. The molecule has 0 aliphatic heterocycles. The summed E-state index contributed by atoms with van der Waals surface area (Å²) in [7, 11) is 0. The lowest BCUT2D eigenvalue weighted by atomic mass is 9.94. The van der Waals surface area contributed by atoms with Crippen molar-refractivity contribution in [2.75, 3.05) is 0 Å². The van der Waals surface area contributed by atoms with Crippen LogP contribution in [-0.2, 0) is 17.6 Å². The topological polar surface area (TPSA) is 45.8 Å². The minimum atomic E-state index is -0.342. The Morgan fingerprint density at radius 2 is 2.16 bits per heavy atom. The van der Waals surface area contributed by atoms with Gasteiger partial charge in [-0.1, -0.05) is 18.5 Å². The second kappa shape index (κ2) is 5.76. The molecule has 1 N–H and O–H groups in total. The van der Waals surface area contributed by atoms with E-state index in [2.05, 4.69) is 17.1 Å². The Morgan fingerprint density at radius 3 is 2.68 bits per heavy atom. The normalized spacial score (nSPS) is 10.7. The lowest BCUT2D eigenvalue weighted by Gasteiger charge is -2.12. The van der Waals surface area contributed by atoms with Gasteiger partial charge in [-0.2, -0.15) is 5.10 Å². The minimum absolute atomic E-state index is 0.257. The minimum Gasteiger partial charge on any atom is -0.281 e. The zero-order chi connectivity index (χ0) is 14.0. The molecule has 1 heterocycles. The van der Waals surface area contributed by atoms with E-state index in [9.17, 15) is 4.79 Å². The van der Waals surface area contributed by atoms with Crippen molar-refractivity contribution in [2.24, 2.45) is 0 Å². The number of carbonyl (C=O) groups is 1. The van der Waals surface area contributed by atoms with Crippen molar-refractivity contribution in [3.05, 3.63) is 40.0 Å². The largest absolute Gasteiger partial charge is 0.281 e. The van der Waals surface area contributed by atoms with E-state index in [0.717, 1.165) is 34.4 Å². The van der Waals surface area contributed by atoms with Crippen LogP contribution in [0.1, 0.15) is 23.6 Å². The third-order valence-corrected chi connectivity index (χ3v) is 3.56. The Morgan fingerprint density at radius 1 is 1.42 bits per heavy atom. The van der Waals surface area contributed by atoms with Gasteiger partial charge in [0.05, 0.1) is 16.9 Å². The summed E-state index contributed by atoms with van der Waals surface area (Å²) in [4.78, 5) is 11.1. The number of carbonyl (C=O) groups excluding carboxylic acids is 1. The van der Waals surface area contributed by atoms with Gasteiger partial charge in [0, 0.05) is 12.0 Å². The molecule has 0 atom stereocenters. The van der Waals surface area contributed by atoms with Gasteiger partial charge in [0.25, 0.3) is 0 Å². The highest BCUT2D eigenvalue weighted by molar-refractivity contribution is 6.63. The van der Waals surface area contributed by atoms with Crippen LogP contribution in [0.5, 0.6) is 0 Å². The van der Waals surface area contributed by atoms with Crippen LogP contribution in [0.4, 0.5) is 0 Å². The number of rotatable bonds is 4. The first-order valence-electron chi connectivity index (χ1n) is 6.03. The number of H-pyrrole nitrogens is 1. The number of aromatic amines is 1. The number of nitrogens with one attached hydrogen (secondary N) is 1. The van der Waals surface area contributed by atoms with Crippen LogP contribution in [0.3, 0.4) is 0 Å². The van der Waals surface area contributed by atoms with Crippen molar-refractivity contribution >= 4 is 28.4 Å². The highest BCUT2D eigenvalue weighted by atomic mass is 35.5. The second-order valence-corrected chi connectivity index (χ2v) is 5.24. The molecule has 0 amide bonds. The molecule has 0 spiro atoms. The fourth-order valence-electron chi connectivity index (χ4n) is 2.22. The van der Waals surface area contributed by atoms with Crippen molar-refractivity contribution in [3.8, 4) is 11.3 Å².